The second-order valence-corrected chi connectivity index (χ2v) is 4.19. The van der Waals surface area contributed by atoms with E-state index in [1.807, 2.05) is 43.4 Å². The fourth-order valence-corrected chi connectivity index (χ4v) is 1.91. The first-order valence-electron chi connectivity index (χ1n) is 6.28. The van der Waals surface area contributed by atoms with Gasteiger partial charge in [-0.3, -0.25) is 4.79 Å². The lowest BCUT2D eigenvalue weighted by Gasteiger charge is -2.03. The summed E-state index contributed by atoms with van der Waals surface area (Å²) in [5, 5.41) is 0. The van der Waals surface area contributed by atoms with Crippen molar-refractivity contribution in [2.24, 2.45) is 0 Å². The number of rotatable bonds is 7. The SMILES string of the molecule is C=C/C=C(\C=C/C)CCCc1cccc(C=O)c1. The lowest BCUT2D eigenvalue weighted by Crippen LogP contribution is -1.89. The molecule has 0 aromatic heterocycles. The van der Waals surface area contributed by atoms with Crippen LogP contribution in [0.5, 0.6) is 0 Å². The van der Waals surface area contributed by atoms with E-state index in [2.05, 4.69) is 18.7 Å². The topological polar surface area (TPSA) is 17.1 Å². The average molecular weight is 240 g/mol. The van der Waals surface area contributed by atoms with Crippen LogP contribution in [0.2, 0.25) is 0 Å². The van der Waals surface area contributed by atoms with Gasteiger partial charge in [-0.05, 0) is 43.4 Å². The van der Waals surface area contributed by atoms with Gasteiger partial charge in [0, 0.05) is 5.56 Å². The molecule has 0 atom stereocenters. The number of aldehydes is 1. The van der Waals surface area contributed by atoms with Gasteiger partial charge in [0.2, 0.25) is 0 Å². The summed E-state index contributed by atoms with van der Waals surface area (Å²) in [5.41, 5.74) is 3.26. The molecule has 0 N–H and O–H groups in total. The predicted molar refractivity (Wildman–Crippen MR) is 77.9 cm³/mol. The standard InChI is InChI=1S/C17H20O/c1-3-7-15(8-4-2)9-5-10-16-11-6-12-17(13-16)14-18/h3-4,6-8,11-14H,1,5,9-10H2,2H3/b8-4-,15-7+. The molecule has 0 unspecified atom stereocenters. The summed E-state index contributed by atoms with van der Waals surface area (Å²) in [6.45, 7) is 5.74. The normalized spacial score (nSPS) is 11.7. The zero-order chi connectivity index (χ0) is 13.2. The average Bonchev–Trinajstić information content (AvgIpc) is 2.39. The van der Waals surface area contributed by atoms with Gasteiger partial charge in [-0.1, -0.05) is 49.1 Å². The highest BCUT2D eigenvalue weighted by molar-refractivity contribution is 5.74. The summed E-state index contributed by atoms with van der Waals surface area (Å²) < 4.78 is 0. The number of benzene rings is 1. The lowest BCUT2D eigenvalue weighted by molar-refractivity contribution is 0.112. The Morgan fingerprint density at radius 2 is 2.22 bits per heavy atom. The Balaban J connectivity index is 2.52. The minimum absolute atomic E-state index is 0.753. The van der Waals surface area contributed by atoms with E-state index < -0.39 is 0 Å². The smallest absolute Gasteiger partial charge is 0.150 e. The van der Waals surface area contributed by atoms with Gasteiger partial charge in [0.25, 0.3) is 0 Å². The zero-order valence-electron chi connectivity index (χ0n) is 10.9. The number of carbonyl (C=O) groups is 1. The highest BCUT2D eigenvalue weighted by Gasteiger charge is 1.97. The maximum Gasteiger partial charge on any atom is 0.150 e. The van der Waals surface area contributed by atoms with Crippen molar-refractivity contribution in [3.8, 4) is 0 Å². The summed E-state index contributed by atoms with van der Waals surface area (Å²) in [6.07, 6.45) is 12.0. The third-order valence-electron chi connectivity index (χ3n) is 2.73. The molecule has 0 aliphatic heterocycles. The summed E-state index contributed by atoms with van der Waals surface area (Å²) in [7, 11) is 0. The maximum absolute atomic E-state index is 10.7. The predicted octanol–water partition coefficient (Wildman–Crippen LogP) is 4.51. The number of aryl methyl sites for hydroxylation is 1. The van der Waals surface area contributed by atoms with Crippen LogP contribution in [0.4, 0.5) is 0 Å². The van der Waals surface area contributed by atoms with E-state index in [-0.39, 0.29) is 0 Å². The molecular formula is C17H20O. The molecule has 0 spiro atoms. The van der Waals surface area contributed by atoms with Crippen LogP contribution < -0.4 is 0 Å². The number of hydrogen-bond donors (Lipinski definition) is 0. The molecule has 1 nitrogen and oxygen atoms in total. The molecule has 0 bridgehead atoms. The first-order valence-corrected chi connectivity index (χ1v) is 6.28. The molecule has 0 saturated heterocycles. The van der Waals surface area contributed by atoms with E-state index in [1.165, 1.54) is 11.1 Å². The fourth-order valence-electron chi connectivity index (χ4n) is 1.91. The quantitative estimate of drug-likeness (QED) is 0.506. The van der Waals surface area contributed by atoms with Crippen molar-refractivity contribution in [2.45, 2.75) is 26.2 Å². The van der Waals surface area contributed by atoms with Crippen molar-refractivity contribution in [3.05, 3.63) is 71.8 Å². The second-order valence-electron chi connectivity index (χ2n) is 4.19. The number of carbonyl (C=O) groups excluding carboxylic acids is 1. The maximum atomic E-state index is 10.7. The fraction of sp³-hybridized carbons (Fsp3) is 0.235. The third kappa shape index (κ3) is 4.96. The van der Waals surface area contributed by atoms with Crippen molar-refractivity contribution in [2.75, 3.05) is 0 Å². The number of allylic oxidation sites excluding steroid dienone is 5. The van der Waals surface area contributed by atoms with Crippen LogP contribution in [0, 0.1) is 0 Å². The van der Waals surface area contributed by atoms with Crippen LogP contribution in [0.1, 0.15) is 35.7 Å². The third-order valence-corrected chi connectivity index (χ3v) is 2.73. The van der Waals surface area contributed by atoms with Gasteiger partial charge in [0.15, 0.2) is 0 Å². The molecule has 1 aromatic carbocycles. The molecule has 1 rings (SSSR count). The van der Waals surface area contributed by atoms with Crippen LogP contribution in [0.25, 0.3) is 0 Å². The van der Waals surface area contributed by atoms with Crippen molar-refractivity contribution >= 4 is 6.29 Å². The Morgan fingerprint density at radius 1 is 1.39 bits per heavy atom. The molecule has 0 saturated carbocycles. The van der Waals surface area contributed by atoms with Crippen LogP contribution in [-0.4, -0.2) is 6.29 Å². The minimum Gasteiger partial charge on any atom is -0.298 e. The van der Waals surface area contributed by atoms with Crippen molar-refractivity contribution < 1.29 is 4.79 Å². The first-order chi connectivity index (χ1) is 8.80. The summed E-state index contributed by atoms with van der Waals surface area (Å²) in [4.78, 5) is 10.7. The van der Waals surface area contributed by atoms with Crippen molar-refractivity contribution in [1.82, 2.24) is 0 Å². The van der Waals surface area contributed by atoms with Crippen molar-refractivity contribution in [1.29, 1.82) is 0 Å². The molecule has 0 amide bonds. The van der Waals surface area contributed by atoms with Crippen LogP contribution in [-0.2, 0) is 6.42 Å². The molecule has 0 aliphatic rings. The molecule has 94 valence electrons. The second kappa shape index (κ2) is 8.24. The van der Waals surface area contributed by atoms with E-state index in [4.69, 9.17) is 0 Å². The zero-order valence-corrected chi connectivity index (χ0v) is 10.9. The van der Waals surface area contributed by atoms with Gasteiger partial charge in [0.05, 0.1) is 0 Å². The number of hydrogen-bond acceptors (Lipinski definition) is 1. The Hall–Kier alpha value is -1.89. The van der Waals surface area contributed by atoms with Gasteiger partial charge in [0.1, 0.15) is 6.29 Å². The van der Waals surface area contributed by atoms with E-state index in [0.717, 1.165) is 31.1 Å². The molecule has 18 heavy (non-hydrogen) atoms. The van der Waals surface area contributed by atoms with Gasteiger partial charge in [-0.25, -0.2) is 0 Å². The summed E-state index contributed by atoms with van der Waals surface area (Å²) in [5.74, 6) is 0. The van der Waals surface area contributed by atoms with Gasteiger partial charge < -0.3 is 0 Å². The van der Waals surface area contributed by atoms with Gasteiger partial charge in [-0.2, -0.15) is 0 Å². The van der Waals surface area contributed by atoms with Crippen LogP contribution in [0.15, 0.2) is 60.7 Å². The Kier molecular flexibility index (Phi) is 6.49. The Bertz CT molecular complexity index is 452. The molecule has 0 aliphatic carbocycles. The summed E-state index contributed by atoms with van der Waals surface area (Å²) >= 11 is 0. The molecular weight excluding hydrogens is 220 g/mol. The first kappa shape index (κ1) is 14.2. The largest absolute Gasteiger partial charge is 0.298 e. The Morgan fingerprint density at radius 3 is 2.89 bits per heavy atom. The Labute approximate surface area is 110 Å². The molecule has 1 aromatic rings. The molecule has 0 fully saturated rings. The molecule has 1 heteroatoms. The van der Waals surface area contributed by atoms with E-state index >= 15 is 0 Å². The van der Waals surface area contributed by atoms with Gasteiger partial charge in [-0.15, -0.1) is 0 Å². The highest BCUT2D eigenvalue weighted by atomic mass is 16.1. The lowest BCUT2D eigenvalue weighted by atomic mass is 10.0. The summed E-state index contributed by atoms with van der Waals surface area (Å²) in [6, 6.07) is 7.80. The van der Waals surface area contributed by atoms with E-state index in [1.54, 1.807) is 0 Å². The molecule has 0 heterocycles. The van der Waals surface area contributed by atoms with Gasteiger partial charge >= 0.3 is 0 Å². The molecule has 0 radical (unpaired) electrons. The van der Waals surface area contributed by atoms with E-state index in [0.29, 0.717) is 0 Å². The highest BCUT2D eigenvalue weighted by Crippen LogP contribution is 2.12. The monoisotopic (exact) mass is 240 g/mol. The minimum atomic E-state index is 0.753. The van der Waals surface area contributed by atoms with E-state index in [9.17, 15) is 4.79 Å². The van der Waals surface area contributed by atoms with Crippen molar-refractivity contribution in [3.63, 3.8) is 0 Å². The van der Waals surface area contributed by atoms with Crippen LogP contribution >= 0.6 is 0 Å². The van der Waals surface area contributed by atoms with Crippen LogP contribution in [0.3, 0.4) is 0 Å².